The monoisotopic (exact) mass is 310 g/mol. The fourth-order valence-electron chi connectivity index (χ4n) is 2.38. The van der Waals surface area contributed by atoms with Crippen molar-refractivity contribution in [2.75, 3.05) is 26.2 Å². The predicted octanol–water partition coefficient (Wildman–Crippen LogP) is 0.929. The number of sulfonamides is 1. The largest absolute Gasteiger partial charge is 0.465 e. The molecule has 3 rings (SSSR count). The molecule has 2 heterocycles. The first-order valence-corrected chi connectivity index (χ1v) is 8.57. The Morgan fingerprint density at radius 2 is 1.95 bits per heavy atom. The van der Waals surface area contributed by atoms with Crippen molar-refractivity contribution in [3.63, 3.8) is 0 Å². The Kier molecular flexibility index (Phi) is 3.86. The number of piperazine rings is 1. The van der Waals surface area contributed by atoms with Gasteiger partial charge in [0.1, 0.15) is 5.76 Å². The average Bonchev–Trinajstić information content (AvgIpc) is 3.23. The third kappa shape index (κ3) is 3.19. The SMILES string of the molecule is O=C(C=Cc1ccco1)N1CCN(S(=O)(=O)C2CC2)CC1. The molecule has 0 bridgehead atoms. The second kappa shape index (κ2) is 5.65. The van der Waals surface area contributed by atoms with Crippen LogP contribution < -0.4 is 0 Å². The molecule has 2 aliphatic rings. The zero-order chi connectivity index (χ0) is 14.9. The van der Waals surface area contributed by atoms with E-state index in [1.54, 1.807) is 29.4 Å². The number of furan rings is 1. The van der Waals surface area contributed by atoms with Crippen LogP contribution >= 0.6 is 0 Å². The number of hydrogen-bond acceptors (Lipinski definition) is 4. The smallest absolute Gasteiger partial charge is 0.246 e. The number of nitrogens with zero attached hydrogens (tertiary/aromatic N) is 2. The topological polar surface area (TPSA) is 70.8 Å². The Morgan fingerprint density at radius 3 is 2.52 bits per heavy atom. The number of amides is 1. The fourth-order valence-corrected chi connectivity index (χ4v) is 4.21. The molecule has 1 aromatic heterocycles. The second-order valence-electron chi connectivity index (χ2n) is 5.32. The summed E-state index contributed by atoms with van der Waals surface area (Å²) in [5, 5.41) is -0.182. The molecule has 0 atom stereocenters. The van der Waals surface area contributed by atoms with Gasteiger partial charge < -0.3 is 9.32 Å². The Balaban J connectivity index is 1.54. The lowest BCUT2D eigenvalue weighted by Gasteiger charge is -2.33. The van der Waals surface area contributed by atoms with Crippen molar-refractivity contribution in [2.45, 2.75) is 18.1 Å². The van der Waals surface area contributed by atoms with Crippen LogP contribution in [-0.2, 0) is 14.8 Å². The molecule has 0 N–H and O–H groups in total. The van der Waals surface area contributed by atoms with Crippen molar-refractivity contribution in [3.8, 4) is 0 Å². The summed E-state index contributed by atoms with van der Waals surface area (Å²) < 4.78 is 30.8. The maximum atomic E-state index is 12.1. The van der Waals surface area contributed by atoms with Gasteiger partial charge in [0.15, 0.2) is 0 Å². The molecule has 0 spiro atoms. The van der Waals surface area contributed by atoms with Gasteiger partial charge in [0.2, 0.25) is 15.9 Å². The highest BCUT2D eigenvalue weighted by molar-refractivity contribution is 7.90. The summed E-state index contributed by atoms with van der Waals surface area (Å²) in [5.41, 5.74) is 0. The molecule has 7 heteroatoms. The van der Waals surface area contributed by atoms with Gasteiger partial charge in [0.05, 0.1) is 11.5 Å². The molecule has 21 heavy (non-hydrogen) atoms. The first-order valence-electron chi connectivity index (χ1n) is 7.07. The standard InChI is InChI=1S/C14H18N2O4S/c17-14(6-3-12-2-1-11-20-12)15-7-9-16(10-8-15)21(18,19)13-4-5-13/h1-3,6,11,13H,4-5,7-10H2. The molecule has 1 aliphatic carbocycles. The number of hydrogen-bond donors (Lipinski definition) is 0. The van der Waals surface area contributed by atoms with Gasteiger partial charge in [0.25, 0.3) is 0 Å². The van der Waals surface area contributed by atoms with Gasteiger partial charge in [-0.2, -0.15) is 4.31 Å². The minimum atomic E-state index is -3.12. The zero-order valence-electron chi connectivity index (χ0n) is 11.6. The number of carbonyl (C=O) groups is 1. The molecule has 114 valence electrons. The van der Waals surface area contributed by atoms with Crippen molar-refractivity contribution in [1.29, 1.82) is 0 Å². The molecule has 1 aliphatic heterocycles. The van der Waals surface area contributed by atoms with E-state index in [0.29, 0.717) is 31.9 Å². The molecular weight excluding hydrogens is 292 g/mol. The minimum absolute atomic E-state index is 0.116. The number of rotatable bonds is 4. The highest BCUT2D eigenvalue weighted by Gasteiger charge is 2.41. The van der Waals surface area contributed by atoms with E-state index in [9.17, 15) is 13.2 Å². The molecule has 1 saturated carbocycles. The summed E-state index contributed by atoms with van der Waals surface area (Å²) >= 11 is 0. The van der Waals surface area contributed by atoms with Crippen molar-refractivity contribution in [2.24, 2.45) is 0 Å². The van der Waals surface area contributed by atoms with Gasteiger partial charge >= 0.3 is 0 Å². The van der Waals surface area contributed by atoms with Crippen LogP contribution in [0.4, 0.5) is 0 Å². The molecule has 6 nitrogen and oxygen atoms in total. The maximum absolute atomic E-state index is 12.1. The van der Waals surface area contributed by atoms with Crippen LogP contribution in [0, 0.1) is 0 Å². The molecule has 2 fully saturated rings. The van der Waals surface area contributed by atoms with Gasteiger partial charge in [-0.15, -0.1) is 0 Å². The van der Waals surface area contributed by atoms with E-state index < -0.39 is 10.0 Å². The third-order valence-corrected chi connectivity index (χ3v) is 6.19. The fraction of sp³-hybridized carbons (Fsp3) is 0.500. The first kappa shape index (κ1) is 14.3. The summed E-state index contributed by atoms with van der Waals surface area (Å²) in [6.45, 7) is 1.65. The quantitative estimate of drug-likeness (QED) is 0.776. The summed E-state index contributed by atoms with van der Waals surface area (Å²) in [6, 6.07) is 3.52. The second-order valence-corrected chi connectivity index (χ2v) is 7.53. The van der Waals surface area contributed by atoms with Gasteiger partial charge in [-0.3, -0.25) is 4.79 Å². The van der Waals surface area contributed by atoms with Crippen LogP contribution in [0.5, 0.6) is 0 Å². The van der Waals surface area contributed by atoms with Crippen molar-refractivity contribution >= 4 is 22.0 Å². The average molecular weight is 310 g/mol. The van der Waals surface area contributed by atoms with Crippen LogP contribution in [0.15, 0.2) is 28.9 Å². The Labute approximate surface area is 124 Å². The number of carbonyl (C=O) groups excluding carboxylic acids is 1. The van der Waals surface area contributed by atoms with Gasteiger partial charge in [-0.05, 0) is 31.1 Å². The Bertz CT molecular complexity index is 624. The molecule has 1 saturated heterocycles. The highest BCUT2D eigenvalue weighted by Crippen LogP contribution is 2.31. The molecule has 0 aromatic carbocycles. The molecule has 0 unspecified atom stereocenters. The van der Waals surface area contributed by atoms with E-state index in [-0.39, 0.29) is 11.2 Å². The van der Waals surface area contributed by atoms with E-state index in [4.69, 9.17) is 4.42 Å². The van der Waals surface area contributed by atoms with Crippen LogP contribution in [0.2, 0.25) is 0 Å². The maximum Gasteiger partial charge on any atom is 0.246 e. The zero-order valence-corrected chi connectivity index (χ0v) is 12.5. The molecule has 1 aromatic rings. The van der Waals surface area contributed by atoms with Gasteiger partial charge in [-0.25, -0.2) is 8.42 Å². The lowest BCUT2D eigenvalue weighted by Crippen LogP contribution is -2.50. The summed E-state index contributed by atoms with van der Waals surface area (Å²) in [5.74, 6) is 0.508. The molecule has 0 radical (unpaired) electrons. The van der Waals surface area contributed by atoms with Crippen molar-refractivity contribution in [3.05, 3.63) is 30.2 Å². The van der Waals surface area contributed by atoms with Crippen LogP contribution in [0.3, 0.4) is 0 Å². The first-order chi connectivity index (χ1) is 10.1. The van der Waals surface area contributed by atoms with Crippen LogP contribution in [0.25, 0.3) is 6.08 Å². The lowest BCUT2D eigenvalue weighted by molar-refractivity contribution is -0.127. The lowest BCUT2D eigenvalue weighted by atomic mass is 10.3. The van der Waals surface area contributed by atoms with E-state index in [1.165, 1.54) is 10.4 Å². The summed E-state index contributed by atoms with van der Waals surface area (Å²) in [7, 11) is -3.12. The van der Waals surface area contributed by atoms with Gasteiger partial charge in [-0.1, -0.05) is 0 Å². The summed E-state index contributed by atoms with van der Waals surface area (Å²) in [4.78, 5) is 13.7. The Hall–Kier alpha value is -1.60. The predicted molar refractivity (Wildman–Crippen MR) is 77.8 cm³/mol. The van der Waals surface area contributed by atoms with Crippen LogP contribution in [-0.4, -0.2) is 55.0 Å². The van der Waals surface area contributed by atoms with E-state index in [2.05, 4.69) is 0 Å². The molecular formula is C14H18N2O4S. The van der Waals surface area contributed by atoms with Crippen LogP contribution in [0.1, 0.15) is 18.6 Å². The highest BCUT2D eigenvalue weighted by atomic mass is 32.2. The van der Waals surface area contributed by atoms with E-state index in [1.807, 2.05) is 0 Å². The third-order valence-electron chi connectivity index (χ3n) is 3.79. The molecule has 1 amide bonds. The van der Waals surface area contributed by atoms with Crippen molar-refractivity contribution in [1.82, 2.24) is 9.21 Å². The minimum Gasteiger partial charge on any atom is -0.465 e. The van der Waals surface area contributed by atoms with E-state index >= 15 is 0 Å². The Morgan fingerprint density at radius 1 is 1.24 bits per heavy atom. The van der Waals surface area contributed by atoms with Gasteiger partial charge in [0, 0.05) is 32.3 Å². The normalized spacial score (nSPS) is 21.0. The summed E-state index contributed by atoms with van der Waals surface area (Å²) in [6.07, 6.45) is 6.17. The van der Waals surface area contributed by atoms with Crippen molar-refractivity contribution < 1.29 is 17.6 Å². The van der Waals surface area contributed by atoms with E-state index in [0.717, 1.165) is 12.8 Å².